The Hall–Kier alpha value is -0.400. The fraction of sp³-hybridized carbons (Fsp3) is 0.714. The summed E-state index contributed by atoms with van der Waals surface area (Å²) < 4.78 is 20.7. The van der Waals surface area contributed by atoms with Crippen molar-refractivity contribution in [2.24, 2.45) is 5.92 Å². The summed E-state index contributed by atoms with van der Waals surface area (Å²) in [6.45, 7) is 0. The third kappa shape index (κ3) is 2.28. The molecule has 3 nitrogen and oxygen atoms in total. The van der Waals surface area contributed by atoms with Crippen molar-refractivity contribution in [2.75, 3.05) is 0 Å². The van der Waals surface area contributed by atoms with Gasteiger partial charge < -0.3 is 5.11 Å². The molecule has 0 aromatic heterocycles. The quantitative estimate of drug-likeness (QED) is 0.513. The first-order chi connectivity index (χ1) is 5.22. The summed E-state index contributed by atoms with van der Waals surface area (Å²) in [7, 11) is -2.66. The zero-order valence-electron chi connectivity index (χ0n) is 6.14. The number of aliphatic hydroxyl groups is 1. The molecule has 0 saturated heterocycles. The molecule has 0 radical (unpaired) electrons. The lowest BCUT2D eigenvalue weighted by molar-refractivity contribution is 0.169. The van der Waals surface area contributed by atoms with Crippen LogP contribution in [0.4, 0.5) is 0 Å². The average molecular weight is 174 g/mol. The van der Waals surface area contributed by atoms with Crippen molar-refractivity contribution < 1.29 is 14.2 Å². The first kappa shape index (κ1) is 8.69. The van der Waals surface area contributed by atoms with Crippen LogP contribution in [0.1, 0.15) is 19.3 Å². The maximum atomic E-state index is 10.4. The van der Waals surface area contributed by atoms with Gasteiger partial charge in [-0.2, -0.15) is 0 Å². The van der Waals surface area contributed by atoms with Gasteiger partial charge in [-0.1, -0.05) is 12.2 Å². The van der Waals surface area contributed by atoms with Crippen LogP contribution in [0.2, 0.25) is 0 Å². The molecule has 1 rings (SSSR count). The molecule has 0 aromatic rings. The maximum absolute atomic E-state index is 10.4. The highest BCUT2D eigenvalue weighted by molar-refractivity contribution is 7.31. The lowest BCUT2D eigenvalue weighted by atomic mass is 9.95. The second-order valence-corrected chi connectivity index (χ2v) is 3.84. The Bertz CT molecular complexity index is 212. The van der Waals surface area contributed by atoms with Crippen molar-refractivity contribution in [3.8, 4) is 0 Å². The molecule has 0 fully saturated rings. The van der Waals surface area contributed by atoms with Gasteiger partial charge in [-0.15, -0.1) is 0 Å². The minimum Gasteiger partial charge on any atom is -0.378 e. The lowest BCUT2D eigenvalue weighted by Gasteiger charge is -2.17. The summed E-state index contributed by atoms with van der Waals surface area (Å²) in [6.07, 6.45) is 6.29. The first-order valence-corrected chi connectivity index (χ1v) is 4.93. The molecular formula is C7H11O3P. The predicted octanol–water partition coefficient (Wildman–Crippen LogP) is 1.83. The van der Waals surface area contributed by atoms with Gasteiger partial charge in [-0.3, -0.25) is 0 Å². The summed E-state index contributed by atoms with van der Waals surface area (Å²) in [5, 5.41) is 9.12. The minimum atomic E-state index is -2.66. The number of allylic oxidation sites excluding steroid dienone is 2. The third-order valence-corrected chi connectivity index (χ3v) is 2.80. The van der Waals surface area contributed by atoms with E-state index in [9.17, 15) is 9.13 Å². The molecule has 0 unspecified atom stereocenters. The maximum Gasteiger partial charge on any atom is 0.345 e. The van der Waals surface area contributed by atoms with Gasteiger partial charge >= 0.3 is 7.68 Å². The average Bonchev–Trinajstić information content (AvgIpc) is 2.05. The van der Waals surface area contributed by atoms with Crippen LogP contribution in [-0.2, 0) is 9.13 Å². The van der Waals surface area contributed by atoms with Crippen LogP contribution in [0.25, 0.3) is 0 Å². The molecule has 0 aromatic carbocycles. The van der Waals surface area contributed by atoms with Gasteiger partial charge in [-0.05, 0) is 19.3 Å². The number of rotatable bonds is 2. The summed E-state index contributed by atoms with van der Waals surface area (Å²) in [4.78, 5) is 0. The Labute approximate surface area is 65.9 Å². The SMILES string of the molecule is O=P(=O)[C@@H](O)[C@H]1CC=CCC1. The van der Waals surface area contributed by atoms with E-state index in [1.54, 1.807) is 0 Å². The van der Waals surface area contributed by atoms with Crippen LogP contribution in [0.5, 0.6) is 0 Å². The van der Waals surface area contributed by atoms with E-state index in [-0.39, 0.29) is 5.92 Å². The highest BCUT2D eigenvalue weighted by Gasteiger charge is 2.23. The fourth-order valence-electron chi connectivity index (χ4n) is 1.26. The van der Waals surface area contributed by atoms with Gasteiger partial charge in [0.2, 0.25) is 0 Å². The summed E-state index contributed by atoms with van der Waals surface area (Å²) in [5.41, 5.74) is 0. The van der Waals surface area contributed by atoms with Crippen molar-refractivity contribution in [2.45, 2.75) is 25.1 Å². The van der Waals surface area contributed by atoms with Crippen molar-refractivity contribution >= 4 is 7.68 Å². The van der Waals surface area contributed by atoms with Crippen molar-refractivity contribution in [3.05, 3.63) is 12.2 Å². The van der Waals surface area contributed by atoms with Crippen molar-refractivity contribution in [1.82, 2.24) is 0 Å². The molecule has 0 saturated carbocycles. The van der Waals surface area contributed by atoms with Crippen LogP contribution in [0, 0.1) is 5.92 Å². The Balaban J connectivity index is 2.53. The zero-order chi connectivity index (χ0) is 8.27. The Morgan fingerprint density at radius 2 is 2.18 bits per heavy atom. The van der Waals surface area contributed by atoms with Crippen LogP contribution in [0.15, 0.2) is 12.2 Å². The van der Waals surface area contributed by atoms with Gasteiger partial charge in [0.05, 0.1) is 0 Å². The Morgan fingerprint density at radius 3 is 2.64 bits per heavy atom. The molecule has 1 N–H and O–H groups in total. The molecule has 0 aliphatic heterocycles. The van der Waals surface area contributed by atoms with E-state index in [1.165, 1.54) is 0 Å². The molecule has 0 spiro atoms. The molecule has 0 bridgehead atoms. The highest BCUT2D eigenvalue weighted by Crippen LogP contribution is 2.29. The third-order valence-electron chi connectivity index (χ3n) is 1.95. The van der Waals surface area contributed by atoms with Gasteiger partial charge in [-0.25, -0.2) is 9.13 Å². The van der Waals surface area contributed by atoms with E-state index >= 15 is 0 Å². The van der Waals surface area contributed by atoms with E-state index < -0.39 is 13.5 Å². The molecule has 1 aliphatic carbocycles. The molecular weight excluding hydrogens is 163 g/mol. The molecule has 0 amide bonds. The molecule has 2 atom stereocenters. The van der Waals surface area contributed by atoms with E-state index in [1.807, 2.05) is 12.2 Å². The normalized spacial score (nSPS) is 26.5. The topological polar surface area (TPSA) is 54.4 Å². The second-order valence-electron chi connectivity index (χ2n) is 2.74. The lowest BCUT2D eigenvalue weighted by Crippen LogP contribution is -2.16. The summed E-state index contributed by atoms with van der Waals surface area (Å²) in [5.74, 6) is -1.23. The predicted molar refractivity (Wildman–Crippen MR) is 40.8 cm³/mol. The van der Waals surface area contributed by atoms with E-state index in [2.05, 4.69) is 0 Å². The second kappa shape index (κ2) is 3.84. The van der Waals surface area contributed by atoms with Crippen LogP contribution in [-0.4, -0.2) is 11.0 Å². The number of hydrogen-bond acceptors (Lipinski definition) is 3. The molecule has 0 heterocycles. The van der Waals surface area contributed by atoms with Gasteiger partial charge in [0.15, 0.2) is 5.85 Å². The number of hydrogen-bond donors (Lipinski definition) is 1. The number of aliphatic hydroxyl groups excluding tert-OH is 1. The summed E-state index contributed by atoms with van der Waals surface area (Å²) >= 11 is 0. The smallest absolute Gasteiger partial charge is 0.345 e. The first-order valence-electron chi connectivity index (χ1n) is 3.68. The highest BCUT2D eigenvalue weighted by atomic mass is 31.1. The monoisotopic (exact) mass is 174 g/mol. The summed E-state index contributed by atoms with van der Waals surface area (Å²) in [6, 6.07) is 0. The van der Waals surface area contributed by atoms with E-state index in [4.69, 9.17) is 5.11 Å². The molecule has 62 valence electrons. The van der Waals surface area contributed by atoms with E-state index in [0.717, 1.165) is 12.8 Å². The molecule has 1 aliphatic rings. The fourth-order valence-corrected chi connectivity index (χ4v) is 1.87. The molecule has 4 heteroatoms. The van der Waals surface area contributed by atoms with E-state index in [0.29, 0.717) is 6.42 Å². The minimum absolute atomic E-state index is 0.0823. The van der Waals surface area contributed by atoms with Crippen LogP contribution in [0.3, 0.4) is 0 Å². The Kier molecular flexibility index (Phi) is 3.03. The Morgan fingerprint density at radius 1 is 1.45 bits per heavy atom. The van der Waals surface area contributed by atoms with Crippen molar-refractivity contribution in [1.29, 1.82) is 0 Å². The largest absolute Gasteiger partial charge is 0.378 e. The van der Waals surface area contributed by atoms with Crippen molar-refractivity contribution in [3.63, 3.8) is 0 Å². The van der Waals surface area contributed by atoms with Crippen LogP contribution < -0.4 is 0 Å². The zero-order valence-corrected chi connectivity index (χ0v) is 7.04. The van der Waals surface area contributed by atoms with Gasteiger partial charge in [0.25, 0.3) is 0 Å². The standard InChI is InChI=1S/C7H11O3P/c8-7(11(9)10)6-4-2-1-3-5-6/h1-2,6-8H,3-5H2/t6-,7+/m0/s1. The van der Waals surface area contributed by atoms with Gasteiger partial charge in [0, 0.05) is 5.92 Å². The van der Waals surface area contributed by atoms with Crippen LogP contribution >= 0.6 is 7.68 Å². The van der Waals surface area contributed by atoms with Gasteiger partial charge in [0.1, 0.15) is 0 Å². The molecule has 11 heavy (non-hydrogen) atoms.